The molecule has 3 aromatic rings. The van der Waals surface area contributed by atoms with E-state index in [1.165, 1.54) is 23.8 Å². The van der Waals surface area contributed by atoms with Crippen LogP contribution in [-0.4, -0.2) is 16.8 Å². The van der Waals surface area contributed by atoms with Crippen LogP contribution in [0.3, 0.4) is 0 Å². The van der Waals surface area contributed by atoms with Crippen molar-refractivity contribution in [1.82, 2.24) is 10.3 Å². The minimum absolute atomic E-state index is 0.0575. The molecule has 0 atom stereocenters. The smallest absolute Gasteiger partial charge is 0.226 e. The van der Waals surface area contributed by atoms with Gasteiger partial charge in [-0.1, -0.05) is 0 Å². The lowest BCUT2D eigenvalue weighted by Crippen LogP contribution is -2.18. The predicted octanol–water partition coefficient (Wildman–Crippen LogP) is 3.67. The zero-order chi connectivity index (χ0) is 17.6. The highest BCUT2D eigenvalue weighted by molar-refractivity contribution is 7.14. The number of carbonyl (C=O) groups is 2. The van der Waals surface area contributed by atoms with Gasteiger partial charge in [-0.05, 0) is 40.9 Å². The molecule has 3 heterocycles. The molecule has 8 heteroatoms. The number of furan rings is 1. The summed E-state index contributed by atoms with van der Waals surface area (Å²) in [6.07, 6.45) is 1.14. The summed E-state index contributed by atoms with van der Waals surface area (Å²) in [6.45, 7) is 1.79. The number of anilines is 1. The number of hydrogen-bond donors (Lipinski definition) is 2. The lowest BCUT2D eigenvalue weighted by molar-refractivity contribution is -0.119. The zero-order valence-electron chi connectivity index (χ0n) is 13.6. The van der Waals surface area contributed by atoms with Gasteiger partial charge >= 0.3 is 0 Å². The van der Waals surface area contributed by atoms with E-state index in [4.69, 9.17) is 4.42 Å². The Hall–Kier alpha value is -2.45. The fourth-order valence-electron chi connectivity index (χ4n) is 2.14. The van der Waals surface area contributed by atoms with Crippen molar-refractivity contribution in [3.8, 4) is 11.5 Å². The van der Waals surface area contributed by atoms with Crippen LogP contribution >= 0.6 is 22.7 Å². The van der Waals surface area contributed by atoms with Gasteiger partial charge in [0, 0.05) is 18.7 Å². The fraction of sp³-hybridized carbons (Fsp3) is 0.235. The van der Waals surface area contributed by atoms with Gasteiger partial charge in [0.25, 0.3) is 0 Å². The lowest BCUT2D eigenvalue weighted by atomic mass is 10.2. The Labute approximate surface area is 152 Å². The Morgan fingerprint density at radius 2 is 2.12 bits per heavy atom. The molecule has 25 heavy (non-hydrogen) atoms. The van der Waals surface area contributed by atoms with Crippen LogP contribution in [-0.2, 0) is 22.6 Å². The highest BCUT2D eigenvalue weighted by Gasteiger charge is 2.11. The Kier molecular flexibility index (Phi) is 5.62. The summed E-state index contributed by atoms with van der Waals surface area (Å²) in [7, 11) is 0. The molecular weight excluding hydrogens is 358 g/mol. The summed E-state index contributed by atoms with van der Waals surface area (Å²) < 4.78 is 5.65. The highest BCUT2D eigenvalue weighted by Crippen LogP contribution is 2.26. The van der Waals surface area contributed by atoms with Crippen molar-refractivity contribution < 1.29 is 14.0 Å². The van der Waals surface area contributed by atoms with Gasteiger partial charge in [0.05, 0.1) is 6.54 Å². The largest absolute Gasteiger partial charge is 0.458 e. The lowest BCUT2D eigenvalue weighted by Gasteiger charge is -2.00. The van der Waals surface area contributed by atoms with Gasteiger partial charge in [-0.15, -0.1) is 11.3 Å². The molecule has 0 aliphatic carbocycles. The summed E-state index contributed by atoms with van der Waals surface area (Å²) in [5.74, 6) is 1.09. The molecule has 3 rings (SSSR count). The van der Waals surface area contributed by atoms with Gasteiger partial charge in [0.15, 0.2) is 10.9 Å². The van der Waals surface area contributed by atoms with Crippen LogP contribution in [0.4, 0.5) is 5.13 Å². The number of nitrogens with one attached hydrogen (secondary N) is 2. The highest BCUT2D eigenvalue weighted by atomic mass is 32.1. The molecular formula is C17H17N3O3S2. The summed E-state index contributed by atoms with van der Waals surface area (Å²) in [5, 5.41) is 11.9. The summed E-state index contributed by atoms with van der Waals surface area (Å²) in [6, 6.07) is 5.62. The van der Waals surface area contributed by atoms with Gasteiger partial charge in [0.2, 0.25) is 11.8 Å². The van der Waals surface area contributed by atoms with Crippen LogP contribution in [0.25, 0.3) is 11.5 Å². The van der Waals surface area contributed by atoms with E-state index in [9.17, 15) is 9.59 Å². The Morgan fingerprint density at radius 3 is 2.88 bits per heavy atom. The third-order valence-electron chi connectivity index (χ3n) is 3.40. The van der Waals surface area contributed by atoms with E-state index in [0.717, 1.165) is 6.42 Å². The molecule has 0 saturated carbocycles. The van der Waals surface area contributed by atoms with Crippen LogP contribution < -0.4 is 10.6 Å². The number of thiazole rings is 1. The summed E-state index contributed by atoms with van der Waals surface area (Å²) in [4.78, 5) is 27.3. The van der Waals surface area contributed by atoms with E-state index in [2.05, 4.69) is 15.6 Å². The monoisotopic (exact) mass is 375 g/mol. The maximum atomic E-state index is 12.0. The van der Waals surface area contributed by atoms with Gasteiger partial charge in [0.1, 0.15) is 11.5 Å². The topological polar surface area (TPSA) is 84.2 Å². The van der Waals surface area contributed by atoms with Gasteiger partial charge in [-0.2, -0.15) is 11.3 Å². The van der Waals surface area contributed by atoms with Crippen molar-refractivity contribution in [2.45, 2.75) is 26.3 Å². The minimum Gasteiger partial charge on any atom is -0.458 e. The first-order chi connectivity index (χ1) is 12.1. The van der Waals surface area contributed by atoms with Crippen molar-refractivity contribution in [3.63, 3.8) is 0 Å². The zero-order valence-corrected chi connectivity index (χ0v) is 15.2. The van der Waals surface area contributed by atoms with Crippen molar-refractivity contribution in [3.05, 3.63) is 45.7 Å². The molecule has 0 aliphatic heterocycles. The molecule has 130 valence electrons. The molecule has 0 unspecified atom stereocenters. The number of aryl methyl sites for hydroxylation is 1. The molecule has 0 bridgehead atoms. The van der Waals surface area contributed by atoms with E-state index in [0.29, 0.717) is 35.3 Å². The molecule has 2 N–H and O–H groups in total. The van der Waals surface area contributed by atoms with Crippen LogP contribution in [0.2, 0.25) is 0 Å². The third-order valence-corrected chi connectivity index (χ3v) is 4.89. The molecule has 0 aliphatic rings. The molecule has 0 aromatic carbocycles. The first-order valence-corrected chi connectivity index (χ1v) is 9.52. The Balaban J connectivity index is 1.55. The molecule has 6 nitrogen and oxygen atoms in total. The first kappa shape index (κ1) is 17.4. The van der Waals surface area contributed by atoms with Crippen molar-refractivity contribution in [1.29, 1.82) is 0 Å². The van der Waals surface area contributed by atoms with Crippen molar-refractivity contribution in [2.75, 3.05) is 5.32 Å². The van der Waals surface area contributed by atoms with Crippen molar-refractivity contribution in [2.24, 2.45) is 0 Å². The second kappa shape index (κ2) is 8.09. The predicted molar refractivity (Wildman–Crippen MR) is 98.6 cm³/mol. The first-order valence-electron chi connectivity index (χ1n) is 7.70. The average molecular weight is 375 g/mol. The number of rotatable bonds is 7. The summed E-state index contributed by atoms with van der Waals surface area (Å²) in [5.41, 5.74) is 1.83. The second-order valence-corrected chi connectivity index (χ2v) is 7.03. The molecule has 0 fully saturated rings. The van der Waals surface area contributed by atoms with Crippen molar-refractivity contribution >= 4 is 39.6 Å². The van der Waals surface area contributed by atoms with E-state index in [1.54, 1.807) is 23.5 Å². The number of aromatic nitrogens is 1. The Bertz CT molecular complexity index is 852. The number of thiophene rings is 1. The standard InChI is InChI=1S/C17H17N3O3S2/c1-11(21)18-8-13-3-4-15(23-13)14-10-25-17(19-14)20-16(22)5-2-12-6-7-24-9-12/h3-4,6-7,9-10H,2,5,8H2,1H3,(H,18,21)(H,19,20,22). The van der Waals surface area contributed by atoms with Crippen LogP contribution in [0.5, 0.6) is 0 Å². The van der Waals surface area contributed by atoms with Gasteiger partial charge < -0.3 is 15.1 Å². The fourth-order valence-corrected chi connectivity index (χ4v) is 3.56. The minimum atomic E-state index is -0.112. The maximum absolute atomic E-state index is 12.0. The van der Waals surface area contributed by atoms with E-state index in [1.807, 2.05) is 22.2 Å². The van der Waals surface area contributed by atoms with E-state index < -0.39 is 0 Å². The van der Waals surface area contributed by atoms with Gasteiger partial charge in [-0.25, -0.2) is 4.98 Å². The molecule has 2 amide bonds. The third kappa shape index (κ3) is 5.01. The normalized spacial score (nSPS) is 10.6. The molecule has 3 aromatic heterocycles. The quantitative estimate of drug-likeness (QED) is 0.660. The van der Waals surface area contributed by atoms with E-state index in [-0.39, 0.29) is 11.8 Å². The summed E-state index contributed by atoms with van der Waals surface area (Å²) >= 11 is 2.98. The van der Waals surface area contributed by atoms with Gasteiger partial charge in [-0.3, -0.25) is 9.59 Å². The molecule has 0 saturated heterocycles. The van der Waals surface area contributed by atoms with Crippen LogP contribution in [0, 0.1) is 0 Å². The second-order valence-electron chi connectivity index (χ2n) is 5.39. The number of hydrogen-bond acceptors (Lipinski definition) is 6. The number of carbonyl (C=O) groups excluding carboxylic acids is 2. The average Bonchev–Trinajstić information content (AvgIpc) is 3.32. The maximum Gasteiger partial charge on any atom is 0.226 e. The Morgan fingerprint density at radius 1 is 1.24 bits per heavy atom. The molecule has 0 radical (unpaired) electrons. The van der Waals surface area contributed by atoms with E-state index >= 15 is 0 Å². The van der Waals surface area contributed by atoms with Crippen LogP contribution in [0.15, 0.2) is 38.8 Å². The number of nitrogens with zero attached hydrogens (tertiary/aromatic N) is 1. The number of amides is 2. The van der Waals surface area contributed by atoms with Crippen LogP contribution in [0.1, 0.15) is 24.7 Å². The molecule has 0 spiro atoms. The SMILES string of the molecule is CC(=O)NCc1ccc(-c2csc(NC(=O)CCc3ccsc3)n2)o1.